The molecule has 1 aromatic rings. The van der Waals surface area contributed by atoms with Crippen molar-refractivity contribution in [1.82, 2.24) is 5.32 Å². The van der Waals surface area contributed by atoms with Crippen LogP contribution in [0, 0.1) is 0 Å². The molecule has 0 heterocycles. The normalized spacial score (nSPS) is 10.2. The lowest BCUT2D eigenvalue weighted by molar-refractivity contribution is 0.470. The molecule has 0 aliphatic rings. The number of hydrogen-bond acceptors (Lipinski definition) is 2. The summed E-state index contributed by atoms with van der Waals surface area (Å²) in [6.45, 7) is 3.80. The van der Waals surface area contributed by atoms with Gasteiger partial charge in [-0.05, 0) is 40.2 Å². The fraction of sp³-hybridized carbons (Fsp3) is 0.333. The molecule has 0 fully saturated rings. The van der Waals surface area contributed by atoms with Gasteiger partial charge >= 0.3 is 0 Å². The fourth-order valence-electron chi connectivity index (χ4n) is 0.938. The summed E-state index contributed by atoms with van der Waals surface area (Å²) < 4.78 is 0.739. The van der Waals surface area contributed by atoms with E-state index in [0.29, 0.717) is 5.75 Å². The molecule has 1 rings (SSSR count). The first-order valence-corrected chi connectivity index (χ1v) is 4.71. The van der Waals surface area contributed by atoms with Gasteiger partial charge < -0.3 is 10.4 Å². The number of aromatic hydroxyl groups is 1. The average Bonchev–Trinajstić information content (AvgIpc) is 2.07. The average molecular weight is 230 g/mol. The first-order chi connectivity index (χ1) is 5.74. The van der Waals surface area contributed by atoms with Crippen LogP contribution in [0.5, 0.6) is 5.75 Å². The highest BCUT2D eigenvalue weighted by molar-refractivity contribution is 9.10. The number of hydrogen-bond donors (Lipinski definition) is 2. The number of halogens is 1. The molecule has 0 radical (unpaired) electrons. The highest BCUT2D eigenvalue weighted by Gasteiger charge is 1.98. The SMILES string of the molecule is CCNCc1ccc(Br)c(O)c1. The van der Waals surface area contributed by atoms with E-state index in [1.165, 1.54) is 0 Å². The van der Waals surface area contributed by atoms with E-state index < -0.39 is 0 Å². The maximum Gasteiger partial charge on any atom is 0.130 e. The van der Waals surface area contributed by atoms with Gasteiger partial charge in [-0.3, -0.25) is 0 Å². The third-order valence-corrected chi connectivity index (χ3v) is 2.26. The molecule has 0 saturated heterocycles. The minimum Gasteiger partial charge on any atom is -0.507 e. The first-order valence-electron chi connectivity index (χ1n) is 3.92. The molecule has 1 aromatic carbocycles. The smallest absolute Gasteiger partial charge is 0.130 e. The van der Waals surface area contributed by atoms with Gasteiger partial charge in [0, 0.05) is 6.54 Å². The van der Waals surface area contributed by atoms with E-state index in [1.807, 2.05) is 12.1 Å². The van der Waals surface area contributed by atoms with Crippen LogP contribution in [-0.4, -0.2) is 11.7 Å². The maximum absolute atomic E-state index is 9.32. The predicted molar refractivity (Wildman–Crippen MR) is 53.2 cm³/mol. The number of phenolic OH excluding ortho intramolecular Hbond substituents is 1. The third-order valence-electron chi connectivity index (χ3n) is 1.59. The number of phenols is 1. The summed E-state index contributed by atoms with van der Waals surface area (Å²) in [7, 11) is 0. The fourth-order valence-corrected chi connectivity index (χ4v) is 1.18. The lowest BCUT2D eigenvalue weighted by Crippen LogP contribution is -2.11. The molecule has 66 valence electrons. The topological polar surface area (TPSA) is 32.3 Å². The summed E-state index contributed by atoms with van der Waals surface area (Å²) in [6, 6.07) is 5.58. The Bertz CT molecular complexity index is 263. The molecule has 0 bridgehead atoms. The molecule has 0 saturated carbocycles. The highest BCUT2D eigenvalue weighted by Crippen LogP contribution is 2.23. The number of benzene rings is 1. The molecule has 0 aromatic heterocycles. The first kappa shape index (κ1) is 9.55. The van der Waals surface area contributed by atoms with Crippen molar-refractivity contribution >= 4 is 15.9 Å². The van der Waals surface area contributed by atoms with E-state index in [9.17, 15) is 5.11 Å². The summed E-state index contributed by atoms with van der Waals surface area (Å²) in [5, 5.41) is 12.5. The van der Waals surface area contributed by atoms with Crippen LogP contribution in [-0.2, 0) is 6.54 Å². The van der Waals surface area contributed by atoms with Crippen LogP contribution >= 0.6 is 15.9 Å². The second-order valence-electron chi connectivity index (χ2n) is 2.57. The Labute approximate surface area is 80.7 Å². The van der Waals surface area contributed by atoms with Crippen LogP contribution in [0.3, 0.4) is 0 Å². The van der Waals surface area contributed by atoms with Crippen molar-refractivity contribution in [2.75, 3.05) is 6.54 Å². The maximum atomic E-state index is 9.32. The molecule has 3 heteroatoms. The standard InChI is InChI=1S/C9H12BrNO/c1-2-11-6-7-3-4-8(10)9(12)5-7/h3-5,11-12H,2,6H2,1H3. The molecule has 2 nitrogen and oxygen atoms in total. The van der Waals surface area contributed by atoms with Crippen LogP contribution in [0.4, 0.5) is 0 Å². The molecule has 2 N–H and O–H groups in total. The van der Waals surface area contributed by atoms with E-state index >= 15 is 0 Å². The van der Waals surface area contributed by atoms with Gasteiger partial charge in [0.25, 0.3) is 0 Å². The predicted octanol–water partition coefficient (Wildman–Crippen LogP) is 2.26. The second kappa shape index (κ2) is 4.48. The highest BCUT2D eigenvalue weighted by atomic mass is 79.9. The Morgan fingerprint density at radius 3 is 2.83 bits per heavy atom. The minimum atomic E-state index is 0.297. The Balaban J connectivity index is 2.69. The lowest BCUT2D eigenvalue weighted by Gasteiger charge is -2.03. The molecule has 0 aliphatic heterocycles. The van der Waals surface area contributed by atoms with Gasteiger partial charge in [-0.25, -0.2) is 0 Å². The summed E-state index contributed by atoms with van der Waals surface area (Å²) in [5.41, 5.74) is 1.09. The van der Waals surface area contributed by atoms with Gasteiger partial charge in [-0.2, -0.15) is 0 Å². The molecular formula is C9H12BrNO. The zero-order chi connectivity index (χ0) is 8.97. The summed E-state index contributed by atoms with van der Waals surface area (Å²) in [4.78, 5) is 0. The molecule has 12 heavy (non-hydrogen) atoms. The summed E-state index contributed by atoms with van der Waals surface area (Å²) >= 11 is 3.23. The van der Waals surface area contributed by atoms with Crippen LogP contribution in [0.15, 0.2) is 22.7 Å². The quantitative estimate of drug-likeness (QED) is 0.834. The van der Waals surface area contributed by atoms with Crippen molar-refractivity contribution in [1.29, 1.82) is 0 Å². The largest absolute Gasteiger partial charge is 0.507 e. The van der Waals surface area contributed by atoms with Crippen LogP contribution in [0.2, 0.25) is 0 Å². The zero-order valence-corrected chi connectivity index (χ0v) is 8.56. The molecule has 0 spiro atoms. The van der Waals surface area contributed by atoms with Gasteiger partial charge in [0.15, 0.2) is 0 Å². The van der Waals surface area contributed by atoms with E-state index in [2.05, 4.69) is 28.2 Å². The van der Waals surface area contributed by atoms with Crippen molar-refractivity contribution in [3.05, 3.63) is 28.2 Å². The Morgan fingerprint density at radius 2 is 2.25 bits per heavy atom. The molecule has 0 unspecified atom stereocenters. The van der Waals surface area contributed by atoms with Gasteiger partial charge in [-0.1, -0.05) is 13.0 Å². The van der Waals surface area contributed by atoms with Crippen LogP contribution < -0.4 is 5.32 Å². The molecule has 0 atom stereocenters. The molecular weight excluding hydrogens is 218 g/mol. The van der Waals surface area contributed by atoms with Crippen molar-refractivity contribution in [2.45, 2.75) is 13.5 Å². The summed E-state index contributed by atoms with van der Waals surface area (Å²) in [6.07, 6.45) is 0. The zero-order valence-electron chi connectivity index (χ0n) is 6.97. The number of nitrogens with one attached hydrogen (secondary N) is 1. The van der Waals surface area contributed by atoms with Gasteiger partial charge in [0.05, 0.1) is 4.47 Å². The van der Waals surface area contributed by atoms with E-state index in [1.54, 1.807) is 6.07 Å². The third kappa shape index (κ3) is 2.50. The Hall–Kier alpha value is -0.540. The monoisotopic (exact) mass is 229 g/mol. The number of rotatable bonds is 3. The van der Waals surface area contributed by atoms with Crippen molar-refractivity contribution in [2.24, 2.45) is 0 Å². The van der Waals surface area contributed by atoms with Crippen molar-refractivity contribution < 1.29 is 5.11 Å². The molecule has 0 aliphatic carbocycles. The van der Waals surface area contributed by atoms with Crippen molar-refractivity contribution in [3.63, 3.8) is 0 Å². The van der Waals surface area contributed by atoms with Gasteiger partial charge in [0.1, 0.15) is 5.75 Å². The Kier molecular flexibility index (Phi) is 3.56. The lowest BCUT2D eigenvalue weighted by atomic mass is 10.2. The van der Waals surface area contributed by atoms with Gasteiger partial charge in [-0.15, -0.1) is 0 Å². The van der Waals surface area contributed by atoms with Gasteiger partial charge in [0.2, 0.25) is 0 Å². The van der Waals surface area contributed by atoms with Crippen LogP contribution in [0.1, 0.15) is 12.5 Å². The molecule has 0 amide bonds. The minimum absolute atomic E-state index is 0.297. The van der Waals surface area contributed by atoms with Crippen LogP contribution in [0.25, 0.3) is 0 Å². The van der Waals surface area contributed by atoms with Crippen molar-refractivity contribution in [3.8, 4) is 5.75 Å². The van der Waals surface area contributed by atoms with E-state index in [4.69, 9.17) is 0 Å². The second-order valence-corrected chi connectivity index (χ2v) is 3.42. The van der Waals surface area contributed by atoms with E-state index in [-0.39, 0.29) is 0 Å². The summed E-state index contributed by atoms with van der Waals surface area (Å²) in [5.74, 6) is 0.297. The van der Waals surface area contributed by atoms with E-state index in [0.717, 1.165) is 23.1 Å². The Morgan fingerprint density at radius 1 is 1.50 bits per heavy atom.